The summed E-state index contributed by atoms with van der Waals surface area (Å²) >= 11 is 0. The van der Waals surface area contributed by atoms with Crippen molar-refractivity contribution in [3.8, 4) is 0 Å². The molecular weight excluding hydrogens is 316 g/mol. The molecular formula is C21H30O4. The largest absolute Gasteiger partial charge is 0.393 e. The molecule has 0 bridgehead atoms. The zero-order chi connectivity index (χ0) is 18.1. The summed E-state index contributed by atoms with van der Waals surface area (Å²) in [6.45, 7) is 5.87. The van der Waals surface area contributed by atoms with Crippen molar-refractivity contribution in [1.29, 1.82) is 0 Å². The number of ketones is 2. The Kier molecular flexibility index (Phi) is 3.83. The van der Waals surface area contributed by atoms with E-state index < -0.39 is 17.6 Å². The van der Waals surface area contributed by atoms with Crippen LogP contribution in [0.4, 0.5) is 0 Å². The Balaban J connectivity index is 1.75. The third-order valence-electron chi connectivity index (χ3n) is 8.55. The van der Waals surface area contributed by atoms with Gasteiger partial charge in [-0.05, 0) is 68.3 Å². The molecule has 0 radical (unpaired) electrons. The van der Waals surface area contributed by atoms with Gasteiger partial charge in [0.05, 0.1) is 12.2 Å². The van der Waals surface area contributed by atoms with E-state index in [0.29, 0.717) is 25.2 Å². The number of hydrogen-bond acceptors (Lipinski definition) is 4. The van der Waals surface area contributed by atoms with Crippen LogP contribution in [0.5, 0.6) is 0 Å². The molecule has 8 atom stereocenters. The highest BCUT2D eigenvalue weighted by Crippen LogP contribution is 2.66. The van der Waals surface area contributed by atoms with Gasteiger partial charge in [-0.15, -0.1) is 0 Å². The summed E-state index contributed by atoms with van der Waals surface area (Å²) in [4.78, 5) is 24.1. The molecule has 4 heteroatoms. The standard InChI is InChI=1S/C21H30O4/c1-11(22)15-9-17(24)19-14-5-4-12-8-13(23)6-7-20(12,2)16(14)10-18(25)21(15,19)3/h8,14-19,24-25H,4-7,9-10H2,1-3H3/t14?,15?,16?,17-,18?,19?,20-,21-/m0/s1. The first-order valence-corrected chi connectivity index (χ1v) is 9.80. The molecule has 138 valence electrons. The first-order chi connectivity index (χ1) is 11.7. The van der Waals surface area contributed by atoms with Gasteiger partial charge in [-0.2, -0.15) is 0 Å². The molecule has 0 aromatic carbocycles. The van der Waals surface area contributed by atoms with E-state index >= 15 is 0 Å². The minimum atomic E-state index is -0.571. The van der Waals surface area contributed by atoms with Crippen LogP contribution in [-0.2, 0) is 9.59 Å². The van der Waals surface area contributed by atoms with Crippen molar-refractivity contribution in [2.24, 2.45) is 34.5 Å². The maximum atomic E-state index is 12.2. The summed E-state index contributed by atoms with van der Waals surface area (Å²) in [5.74, 6) is 0.654. The molecule has 4 rings (SSSR count). The number of hydrogen-bond donors (Lipinski definition) is 2. The molecule has 4 aliphatic rings. The Hall–Kier alpha value is -1.00. The van der Waals surface area contributed by atoms with Gasteiger partial charge in [-0.3, -0.25) is 9.59 Å². The maximum absolute atomic E-state index is 12.2. The zero-order valence-corrected chi connectivity index (χ0v) is 15.5. The van der Waals surface area contributed by atoms with Crippen LogP contribution in [0.1, 0.15) is 59.3 Å². The van der Waals surface area contributed by atoms with E-state index in [2.05, 4.69) is 6.92 Å². The monoisotopic (exact) mass is 346 g/mol. The molecule has 0 aromatic heterocycles. The SMILES string of the molecule is CC(=O)C1C[C@H](O)C2C3CCC4=CC(=O)CC[C@]4(C)C3CC(O)[C@]12C. The minimum absolute atomic E-state index is 0.0221. The number of aliphatic hydroxyl groups excluding tert-OH is 2. The van der Waals surface area contributed by atoms with Crippen molar-refractivity contribution in [1.82, 2.24) is 0 Å². The van der Waals surface area contributed by atoms with Gasteiger partial charge < -0.3 is 10.2 Å². The van der Waals surface area contributed by atoms with Gasteiger partial charge in [0.2, 0.25) is 0 Å². The number of rotatable bonds is 1. The predicted octanol–water partition coefficient (Wildman–Crippen LogP) is 2.67. The fraction of sp³-hybridized carbons (Fsp3) is 0.810. The van der Waals surface area contributed by atoms with E-state index in [1.165, 1.54) is 5.57 Å². The van der Waals surface area contributed by atoms with Crippen LogP contribution in [0.15, 0.2) is 11.6 Å². The summed E-state index contributed by atoms with van der Waals surface area (Å²) in [6.07, 6.45) is 5.21. The summed E-state index contributed by atoms with van der Waals surface area (Å²) in [7, 11) is 0. The van der Waals surface area contributed by atoms with Gasteiger partial charge in [0.1, 0.15) is 5.78 Å². The van der Waals surface area contributed by atoms with Gasteiger partial charge >= 0.3 is 0 Å². The maximum Gasteiger partial charge on any atom is 0.155 e. The minimum Gasteiger partial charge on any atom is -0.393 e. The molecule has 4 nitrogen and oxygen atoms in total. The van der Waals surface area contributed by atoms with E-state index in [9.17, 15) is 19.8 Å². The second kappa shape index (κ2) is 5.50. The topological polar surface area (TPSA) is 74.6 Å². The number of carbonyl (C=O) groups excluding carboxylic acids is 2. The van der Waals surface area contributed by atoms with Crippen LogP contribution >= 0.6 is 0 Å². The number of allylic oxidation sites excluding steroid dienone is 1. The first-order valence-electron chi connectivity index (χ1n) is 9.80. The fourth-order valence-corrected chi connectivity index (χ4v) is 7.20. The molecule has 25 heavy (non-hydrogen) atoms. The number of carbonyl (C=O) groups is 2. The molecule has 2 N–H and O–H groups in total. The van der Waals surface area contributed by atoms with Crippen LogP contribution in [0.2, 0.25) is 0 Å². The highest BCUT2D eigenvalue weighted by atomic mass is 16.3. The van der Waals surface area contributed by atoms with Crippen molar-refractivity contribution < 1.29 is 19.8 Å². The molecule has 0 aliphatic heterocycles. The highest BCUT2D eigenvalue weighted by molar-refractivity contribution is 5.91. The third-order valence-corrected chi connectivity index (χ3v) is 8.55. The lowest BCUT2D eigenvalue weighted by molar-refractivity contribution is -0.157. The van der Waals surface area contributed by atoms with E-state index in [0.717, 1.165) is 19.3 Å². The summed E-state index contributed by atoms with van der Waals surface area (Å²) < 4.78 is 0. The average molecular weight is 346 g/mol. The van der Waals surface area contributed by atoms with Crippen LogP contribution in [0.3, 0.4) is 0 Å². The number of aliphatic hydroxyl groups is 2. The molecule has 4 aliphatic carbocycles. The van der Waals surface area contributed by atoms with Gasteiger partial charge in [-0.25, -0.2) is 0 Å². The lowest BCUT2D eigenvalue weighted by atomic mass is 9.45. The van der Waals surface area contributed by atoms with Crippen molar-refractivity contribution in [2.45, 2.75) is 71.5 Å². The van der Waals surface area contributed by atoms with Crippen LogP contribution < -0.4 is 0 Å². The van der Waals surface area contributed by atoms with Gasteiger partial charge in [-0.1, -0.05) is 19.4 Å². The Morgan fingerprint density at radius 2 is 1.92 bits per heavy atom. The van der Waals surface area contributed by atoms with E-state index in [1.54, 1.807) is 6.92 Å². The Labute approximate surface area is 149 Å². The van der Waals surface area contributed by atoms with Gasteiger partial charge in [0.25, 0.3) is 0 Å². The predicted molar refractivity (Wildman–Crippen MR) is 93.7 cm³/mol. The molecule has 0 aromatic rings. The number of fused-ring (bicyclic) bond motifs is 5. The highest BCUT2D eigenvalue weighted by Gasteiger charge is 2.65. The van der Waals surface area contributed by atoms with E-state index in [-0.39, 0.29) is 34.7 Å². The second-order valence-corrected chi connectivity index (χ2v) is 9.47. The first kappa shape index (κ1) is 17.4. The molecule has 0 saturated heterocycles. The summed E-state index contributed by atoms with van der Waals surface area (Å²) in [5, 5.41) is 22.0. The van der Waals surface area contributed by atoms with Crippen molar-refractivity contribution >= 4 is 11.6 Å². The second-order valence-electron chi connectivity index (χ2n) is 9.47. The van der Waals surface area contributed by atoms with Crippen LogP contribution in [0.25, 0.3) is 0 Å². The van der Waals surface area contributed by atoms with Crippen molar-refractivity contribution in [3.05, 3.63) is 11.6 Å². The molecule has 3 saturated carbocycles. The Morgan fingerprint density at radius 1 is 1.20 bits per heavy atom. The molecule has 5 unspecified atom stereocenters. The average Bonchev–Trinajstić information content (AvgIpc) is 2.82. The normalized spacial score (nSPS) is 52.0. The van der Waals surface area contributed by atoms with Crippen molar-refractivity contribution in [3.63, 3.8) is 0 Å². The van der Waals surface area contributed by atoms with E-state index in [4.69, 9.17) is 0 Å². The van der Waals surface area contributed by atoms with Crippen LogP contribution in [-0.4, -0.2) is 34.0 Å². The number of Topliss-reactive ketones (excluding diaryl/α,β-unsaturated/α-hetero) is 1. The van der Waals surface area contributed by atoms with Gasteiger partial charge in [0, 0.05) is 17.8 Å². The quantitative estimate of drug-likeness (QED) is 0.765. The lowest BCUT2D eigenvalue weighted by Gasteiger charge is -2.59. The Bertz CT molecular complexity index is 652. The smallest absolute Gasteiger partial charge is 0.155 e. The molecule has 0 heterocycles. The van der Waals surface area contributed by atoms with Gasteiger partial charge in [0.15, 0.2) is 5.78 Å². The lowest BCUT2D eigenvalue weighted by Crippen LogP contribution is -2.58. The summed E-state index contributed by atoms with van der Waals surface area (Å²) in [6, 6.07) is 0. The van der Waals surface area contributed by atoms with Crippen LogP contribution in [0, 0.1) is 34.5 Å². The third kappa shape index (κ3) is 2.19. The Morgan fingerprint density at radius 3 is 2.60 bits per heavy atom. The molecule has 3 fully saturated rings. The zero-order valence-electron chi connectivity index (χ0n) is 15.5. The summed E-state index contributed by atoms with van der Waals surface area (Å²) in [5.41, 5.74) is 0.679. The molecule has 0 amide bonds. The fourth-order valence-electron chi connectivity index (χ4n) is 7.20. The molecule has 0 spiro atoms. The van der Waals surface area contributed by atoms with Crippen molar-refractivity contribution in [2.75, 3.05) is 0 Å². The van der Waals surface area contributed by atoms with E-state index in [1.807, 2.05) is 13.0 Å².